The molecule has 0 spiro atoms. The van der Waals surface area contributed by atoms with Crippen molar-refractivity contribution in [2.24, 2.45) is 0 Å². The van der Waals surface area contributed by atoms with E-state index in [1.54, 1.807) is 0 Å². The lowest BCUT2D eigenvalue weighted by atomic mass is 9.66. The Hall–Kier alpha value is -1.55. The van der Waals surface area contributed by atoms with Crippen LogP contribution < -0.4 is 9.47 Å². The Bertz CT molecular complexity index is 571. The van der Waals surface area contributed by atoms with Gasteiger partial charge in [0.25, 0.3) is 0 Å². The molecule has 0 N–H and O–H groups in total. The fraction of sp³-hybridized carbons (Fsp3) is 0.562. The molecule has 20 heavy (non-hydrogen) atoms. The van der Waals surface area contributed by atoms with E-state index >= 15 is 0 Å². The quantitative estimate of drug-likeness (QED) is 0.785. The molecule has 4 heteroatoms. The number of fused-ring (bicyclic) bond motifs is 2. The minimum Gasteiger partial charge on any atom is -0.454 e. The maximum absolute atomic E-state index is 11.8. The second-order valence-electron chi connectivity index (χ2n) is 6.21. The maximum Gasteiger partial charge on any atom is 0.231 e. The van der Waals surface area contributed by atoms with Crippen LogP contribution in [0.15, 0.2) is 18.2 Å². The SMILES string of the molecule is CN1CC[C@]2(c3ccc4c(c3)OCO4)CCC(=O)CC12. The van der Waals surface area contributed by atoms with Crippen molar-refractivity contribution >= 4 is 5.78 Å². The first-order chi connectivity index (χ1) is 9.69. The first-order valence-electron chi connectivity index (χ1n) is 7.31. The molecule has 4 nitrogen and oxygen atoms in total. The predicted molar refractivity (Wildman–Crippen MR) is 74.1 cm³/mol. The average molecular weight is 273 g/mol. The van der Waals surface area contributed by atoms with Gasteiger partial charge in [-0.25, -0.2) is 0 Å². The molecular weight excluding hydrogens is 254 g/mol. The van der Waals surface area contributed by atoms with E-state index in [0.717, 1.165) is 30.9 Å². The number of ketones is 1. The Morgan fingerprint density at radius 2 is 2.10 bits per heavy atom. The molecule has 106 valence electrons. The molecule has 2 atom stereocenters. The lowest BCUT2D eigenvalue weighted by Crippen LogP contribution is -2.46. The number of benzene rings is 1. The summed E-state index contributed by atoms with van der Waals surface area (Å²) >= 11 is 0. The van der Waals surface area contributed by atoms with Crippen LogP contribution in [0.5, 0.6) is 11.5 Å². The third kappa shape index (κ3) is 1.61. The number of hydrogen-bond donors (Lipinski definition) is 0. The number of Topliss-reactive ketones (excluding diaryl/α,β-unsaturated/α-hetero) is 1. The largest absolute Gasteiger partial charge is 0.454 e. The Morgan fingerprint density at radius 3 is 3.00 bits per heavy atom. The summed E-state index contributed by atoms with van der Waals surface area (Å²) in [6.07, 6.45) is 3.48. The van der Waals surface area contributed by atoms with Gasteiger partial charge in [0, 0.05) is 24.3 Å². The minimum absolute atomic E-state index is 0.115. The Morgan fingerprint density at radius 1 is 1.25 bits per heavy atom. The van der Waals surface area contributed by atoms with Crippen LogP contribution in [0.3, 0.4) is 0 Å². The third-order valence-electron chi connectivity index (χ3n) is 5.30. The van der Waals surface area contributed by atoms with Gasteiger partial charge < -0.3 is 14.4 Å². The fourth-order valence-corrected chi connectivity index (χ4v) is 4.13. The zero-order valence-corrected chi connectivity index (χ0v) is 11.7. The number of nitrogens with zero attached hydrogens (tertiary/aromatic N) is 1. The highest BCUT2D eigenvalue weighted by Crippen LogP contribution is 2.49. The van der Waals surface area contributed by atoms with Gasteiger partial charge in [0.05, 0.1) is 0 Å². The molecule has 0 aromatic heterocycles. The molecular formula is C16H19NO3. The van der Waals surface area contributed by atoms with Crippen molar-refractivity contribution in [3.8, 4) is 11.5 Å². The van der Waals surface area contributed by atoms with E-state index in [1.165, 1.54) is 5.56 Å². The first-order valence-corrected chi connectivity index (χ1v) is 7.31. The van der Waals surface area contributed by atoms with Crippen molar-refractivity contribution in [2.45, 2.75) is 37.1 Å². The summed E-state index contributed by atoms with van der Waals surface area (Å²) in [7, 11) is 2.14. The second kappa shape index (κ2) is 4.22. The third-order valence-corrected chi connectivity index (χ3v) is 5.30. The molecule has 1 unspecified atom stereocenters. The Kier molecular flexibility index (Phi) is 2.58. The van der Waals surface area contributed by atoms with E-state index in [1.807, 2.05) is 6.07 Å². The van der Waals surface area contributed by atoms with E-state index in [9.17, 15) is 4.79 Å². The summed E-state index contributed by atoms with van der Waals surface area (Å²) in [6.45, 7) is 1.37. The van der Waals surface area contributed by atoms with Crippen LogP contribution in [-0.2, 0) is 10.2 Å². The van der Waals surface area contributed by atoms with Crippen molar-refractivity contribution < 1.29 is 14.3 Å². The highest BCUT2D eigenvalue weighted by molar-refractivity contribution is 5.81. The van der Waals surface area contributed by atoms with Crippen LogP contribution in [0, 0.1) is 0 Å². The molecule has 1 aromatic rings. The van der Waals surface area contributed by atoms with Crippen LogP contribution in [0.2, 0.25) is 0 Å². The predicted octanol–water partition coefficient (Wildman–Crippen LogP) is 2.11. The van der Waals surface area contributed by atoms with Crippen LogP contribution in [-0.4, -0.2) is 37.1 Å². The zero-order chi connectivity index (χ0) is 13.7. The van der Waals surface area contributed by atoms with Gasteiger partial charge >= 0.3 is 0 Å². The van der Waals surface area contributed by atoms with Gasteiger partial charge in [-0.15, -0.1) is 0 Å². The number of rotatable bonds is 1. The van der Waals surface area contributed by atoms with E-state index in [0.29, 0.717) is 31.5 Å². The molecule has 1 saturated heterocycles. The Labute approximate surface area is 118 Å². The van der Waals surface area contributed by atoms with Gasteiger partial charge in [-0.2, -0.15) is 0 Å². The van der Waals surface area contributed by atoms with E-state index in [2.05, 4.69) is 24.1 Å². The van der Waals surface area contributed by atoms with Gasteiger partial charge in [-0.1, -0.05) is 6.07 Å². The second-order valence-corrected chi connectivity index (χ2v) is 6.21. The number of carbonyl (C=O) groups excluding carboxylic acids is 1. The van der Waals surface area contributed by atoms with Crippen molar-refractivity contribution in [2.75, 3.05) is 20.4 Å². The number of ether oxygens (including phenoxy) is 2. The monoisotopic (exact) mass is 273 g/mol. The number of carbonyl (C=O) groups is 1. The van der Waals surface area contributed by atoms with Crippen LogP contribution >= 0.6 is 0 Å². The lowest BCUT2D eigenvalue weighted by Gasteiger charge is -2.41. The van der Waals surface area contributed by atoms with Crippen LogP contribution in [0.1, 0.15) is 31.2 Å². The van der Waals surface area contributed by atoms with E-state index < -0.39 is 0 Å². The summed E-state index contributed by atoms with van der Waals surface area (Å²) in [5.41, 5.74) is 1.42. The molecule has 0 radical (unpaired) electrons. The maximum atomic E-state index is 11.8. The summed E-state index contributed by atoms with van der Waals surface area (Å²) in [4.78, 5) is 14.2. The van der Waals surface area contributed by atoms with E-state index in [4.69, 9.17) is 9.47 Å². The highest BCUT2D eigenvalue weighted by Gasteiger charge is 2.50. The molecule has 0 amide bonds. The number of likely N-dealkylation sites (tertiary alicyclic amines) is 1. The minimum atomic E-state index is 0.115. The topological polar surface area (TPSA) is 38.8 Å². The van der Waals surface area contributed by atoms with Gasteiger partial charge in [0.15, 0.2) is 11.5 Å². The van der Waals surface area contributed by atoms with Crippen molar-refractivity contribution in [1.29, 1.82) is 0 Å². The van der Waals surface area contributed by atoms with E-state index in [-0.39, 0.29) is 5.41 Å². The van der Waals surface area contributed by atoms with Gasteiger partial charge in [-0.3, -0.25) is 4.79 Å². The van der Waals surface area contributed by atoms with Gasteiger partial charge in [0.2, 0.25) is 6.79 Å². The summed E-state index contributed by atoms with van der Waals surface area (Å²) in [5.74, 6) is 2.09. The van der Waals surface area contributed by atoms with Crippen molar-refractivity contribution in [3.63, 3.8) is 0 Å². The molecule has 2 heterocycles. The van der Waals surface area contributed by atoms with Crippen LogP contribution in [0.25, 0.3) is 0 Å². The summed E-state index contributed by atoms with van der Waals surface area (Å²) in [6, 6.07) is 6.64. The molecule has 2 fully saturated rings. The number of hydrogen-bond acceptors (Lipinski definition) is 4. The number of likely N-dealkylation sites (N-methyl/N-ethyl adjacent to an activating group) is 1. The normalized spacial score (nSPS) is 32.5. The molecule has 1 saturated carbocycles. The van der Waals surface area contributed by atoms with Crippen molar-refractivity contribution in [3.05, 3.63) is 23.8 Å². The molecule has 1 aliphatic carbocycles. The van der Waals surface area contributed by atoms with Crippen LogP contribution in [0.4, 0.5) is 0 Å². The first kappa shape index (κ1) is 12.2. The summed E-state index contributed by atoms with van der Waals surface area (Å²) < 4.78 is 10.9. The highest BCUT2D eigenvalue weighted by atomic mass is 16.7. The van der Waals surface area contributed by atoms with Gasteiger partial charge in [-0.05, 0) is 44.1 Å². The Balaban J connectivity index is 1.77. The average Bonchev–Trinajstić information content (AvgIpc) is 3.04. The standard InChI is InChI=1S/C16H19NO3/c1-17-7-6-16(5-4-12(18)9-15(16)17)11-2-3-13-14(8-11)20-10-19-13/h2-3,8,15H,4-7,9-10H2,1H3/t15?,16-/m0/s1. The molecule has 2 aliphatic heterocycles. The molecule has 4 rings (SSSR count). The van der Waals surface area contributed by atoms with Crippen molar-refractivity contribution in [1.82, 2.24) is 4.90 Å². The molecule has 0 bridgehead atoms. The molecule has 3 aliphatic rings. The summed E-state index contributed by atoms with van der Waals surface area (Å²) in [5, 5.41) is 0. The molecule has 1 aromatic carbocycles. The lowest BCUT2D eigenvalue weighted by molar-refractivity contribution is -0.122. The smallest absolute Gasteiger partial charge is 0.231 e. The van der Waals surface area contributed by atoms with Gasteiger partial charge in [0.1, 0.15) is 5.78 Å². The fourth-order valence-electron chi connectivity index (χ4n) is 4.13. The zero-order valence-electron chi connectivity index (χ0n) is 11.7.